The number of hydrogen-bond donors (Lipinski definition) is 2. The van der Waals surface area contributed by atoms with E-state index in [1.807, 2.05) is 6.92 Å². The summed E-state index contributed by atoms with van der Waals surface area (Å²) in [5.74, 6) is 0.317. The van der Waals surface area contributed by atoms with Crippen molar-refractivity contribution in [3.05, 3.63) is 26.7 Å². The van der Waals surface area contributed by atoms with E-state index in [0.29, 0.717) is 28.2 Å². The van der Waals surface area contributed by atoms with E-state index in [-0.39, 0.29) is 0 Å². The van der Waals surface area contributed by atoms with Crippen molar-refractivity contribution in [2.24, 2.45) is 10.7 Å². The summed E-state index contributed by atoms with van der Waals surface area (Å²) in [6.07, 6.45) is 0. The van der Waals surface area contributed by atoms with Gasteiger partial charge in [0.05, 0.1) is 15.7 Å². The SMILES string of the molecule is CCN=C(N)Nc1ccc(Br)c(Cl)c1Cl. The molecule has 0 amide bonds. The monoisotopic (exact) mass is 309 g/mol. The van der Waals surface area contributed by atoms with Crippen LogP contribution in [-0.2, 0) is 0 Å². The number of guanidine groups is 1. The van der Waals surface area contributed by atoms with Crippen molar-refractivity contribution >= 4 is 50.8 Å². The fraction of sp³-hybridized carbons (Fsp3) is 0.222. The molecule has 0 spiro atoms. The Balaban J connectivity index is 2.97. The summed E-state index contributed by atoms with van der Waals surface area (Å²) in [6, 6.07) is 3.56. The van der Waals surface area contributed by atoms with Gasteiger partial charge < -0.3 is 11.1 Å². The van der Waals surface area contributed by atoms with Crippen LogP contribution >= 0.6 is 39.1 Å². The number of aliphatic imine (C=N–C) groups is 1. The minimum atomic E-state index is 0.317. The lowest BCUT2D eigenvalue weighted by Gasteiger charge is -2.09. The zero-order chi connectivity index (χ0) is 11.4. The predicted molar refractivity (Wildman–Crippen MR) is 69.9 cm³/mol. The molecule has 1 aromatic carbocycles. The zero-order valence-corrected chi connectivity index (χ0v) is 11.1. The number of nitrogens with one attached hydrogen (secondary N) is 1. The normalized spacial score (nSPS) is 11.6. The van der Waals surface area contributed by atoms with Crippen LogP contribution in [0, 0.1) is 0 Å². The Kier molecular flexibility index (Phi) is 4.70. The third kappa shape index (κ3) is 3.26. The standard InChI is InChI=1S/C9H10BrCl2N3/c1-2-14-9(13)15-6-4-3-5(10)7(11)8(6)12/h3-4H,2H2,1H3,(H3,13,14,15). The zero-order valence-electron chi connectivity index (χ0n) is 8.02. The first-order valence-electron chi connectivity index (χ1n) is 4.26. The Bertz CT molecular complexity index is 393. The number of anilines is 1. The highest BCUT2D eigenvalue weighted by atomic mass is 79.9. The van der Waals surface area contributed by atoms with Crippen LogP contribution in [0.25, 0.3) is 0 Å². The quantitative estimate of drug-likeness (QED) is 0.499. The number of halogens is 3. The second-order valence-corrected chi connectivity index (χ2v) is 4.32. The fourth-order valence-electron chi connectivity index (χ4n) is 0.970. The highest BCUT2D eigenvalue weighted by molar-refractivity contribution is 9.10. The van der Waals surface area contributed by atoms with Gasteiger partial charge in [0, 0.05) is 11.0 Å². The molecule has 0 heterocycles. The van der Waals surface area contributed by atoms with E-state index < -0.39 is 0 Å². The maximum Gasteiger partial charge on any atom is 0.193 e. The van der Waals surface area contributed by atoms with Crippen LogP contribution in [0.5, 0.6) is 0 Å². The topological polar surface area (TPSA) is 50.4 Å². The first kappa shape index (κ1) is 12.6. The summed E-state index contributed by atoms with van der Waals surface area (Å²) in [5.41, 5.74) is 6.24. The third-order valence-corrected chi connectivity index (χ3v) is 3.40. The van der Waals surface area contributed by atoms with Crippen molar-refractivity contribution in [3.63, 3.8) is 0 Å². The lowest BCUT2D eigenvalue weighted by molar-refractivity contribution is 1.12. The van der Waals surface area contributed by atoms with Crippen molar-refractivity contribution < 1.29 is 0 Å². The molecule has 0 aliphatic rings. The van der Waals surface area contributed by atoms with E-state index in [1.165, 1.54) is 0 Å². The predicted octanol–water partition coefficient (Wildman–Crippen LogP) is 3.50. The molecule has 0 aliphatic heterocycles. The minimum absolute atomic E-state index is 0.317. The Labute approximate surface area is 107 Å². The van der Waals surface area contributed by atoms with Gasteiger partial charge in [-0.05, 0) is 35.0 Å². The molecule has 1 aromatic rings. The van der Waals surface area contributed by atoms with E-state index in [9.17, 15) is 0 Å². The van der Waals surface area contributed by atoms with Gasteiger partial charge in [0.25, 0.3) is 0 Å². The molecule has 0 aliphatic carbocycles. The highest BCUT2D eigenvalue weighted by Crippen LogP contribution is 2.35. The van der Waals surface area contributed by atoms with Crippen molar-refractivity contribution in [2.45, 2.75) is 6.92 Å². The molecule has 0 aromatic heterocycles. The van der Waals surface area contributed by atoms with Gasteiger partial charge in [-0.3, -0.25) is 4.99 Å². The van der Waals surface area contributed by atoms with E-state index in [1.54, 1.807) is 12.1 Å². The summed E-state index contributed by atoms with van der Waals surface area (Å²) in [6.45, 7) is 2.51. The average molecular weight is 311 g/mol. The number of hydrogen-bond acceptors (Lipinski definition) is 1. The maximum atomic E-state index is 6.01. The van der Waals surface area contributed by atoms with Crippen LogP contribution in [0.3, 0.4) is 0 Å². The molecule has 6 heteroatoms. The second kappa shape index (κ2) is 5.58. The summed E-state index contributed by atoms with van der Waals surface area (Å²) in [5, 5.41) is 3.74. The lowest BCUT2D eigenvalue weighted by Crippen LogP contribution is -2.22. The van der Waals surface area contributed by atoms with Crippen molar-refractivity contribution in [3.8, 4) is 0 Å². The summed E-state index contributed by atoms with van der Waals surface area (Å²) < 4.78 is 0.741. The van der Waals surface area contributed by atoms with Gasteiger partial charge in [-0.15, -0.1) is 0 Å². The molecule has 3 nitrogen and oxygen atoms in total. The van der Waals surface area contributed by atoms with Crippen molar-refractivity contribution in [1.82, 2.24) is 0 Å². The van der Waals surface area contributed by atoms with Crippen LogP contribution in [0.15, 0.2) is 21.6 Å². The molecule has 0 saturated carbocycles. The number of benzene rings is 1. The Morgan fingerprint density at radius 1 is 1.47 bits per heavy atom. The van der Waals surface area contributed by atoms with Crippen molar-refractivity contribution in [2.75, 3.05) is 11.9 Å². The van der Waals surface area contributed by atoms with Crippen LogP contribution < -0.4 is 11.1 Å². The minimum Gasteiger partial charge on any atom is -0.370 e. The maximum absolute atomic E-state index is 6.01. The molecule has 0 radical (unpaired) electrons. The second-order valence-electron chi connectivity index (χ2n) is 2.71. The van der Waals surface area contributed by atoms with Gasteiger partial charge in [0.1, 0.15) is 0 Å². The Hall–Kier alpha value is -0.450. The smallest absolute Gasteiger partial charge is 0.193 e. The molecular formula is C9H10BrCl2N3. The first-order chi connectivity index (χ1) is 7.06. The number of nitrogens with two attached hydrogens (primary N) is 1. The molecule has 0 fully saturated rings. The molecule has 3 N–H and O–H groups in total. The summed E-state index contributed by atoms with van der Waals surface area (Å²) in [4.78, 5) is 3.98. The van der Waals surface area contributed by atoms with Gasteiger partial charge in [-0.25, -0.2) is 0 Å². The van der Waals surface area contributed by atoms with Gasteiger partial charge in [0.15, 0.2) is 5.96 Å². The Morgan fingerprint density at radius 2 is 2.13 bits per heavy atom. The molecule has 0 unspecified atom stereocenters. The molecular weight excluding hydrogens is 301 g/mol. The van der Waals surface area contributed by atoms with Crippen LogP contribution in [0.1, 0.15) is 6.92 Å². The fourth-order valence-corrected chi connectivity index (χ4v) is 1.79. The van der Waals surface area contributed by atoms with Crippen LogP contribution in [-0.4, -0.2) is 12.5 Å². The molecule has 82 valence electrons. The van der Waals surface area contributed by atoms with Crippen molar-refractivity contribution in [1.29, 1.82) is 0 Å². The first-order valence-corrected chi connectivity index (χ1v) is 5.81. The molecule has 15 heavy (non-hydrogen) atoms. The Morgan fingerprint density at radius 3 is 2.73 bits per heavy atom. The van der Waals surface area contributed by atoms with E-state index in [0.717, 1.165) is 4.47 Å². The van der Waals surface area contributed by atoms with Gasteiger partial charge >= 0.3 is 0 Å². The van der Waals surface area contributed by atoms with E-state index in [4.69, 9.17) is 28.9 Å². The molecule has 1 rings (SSSR count). The van der Waals surface area contributed by atoms with E-state index >= 15 is 0 Å². The molecule has 0 bridgehead atoms. The van der Waals surface area contributed by atoms with Crippen LogP contribution in [0.4, 0.5) is 5.69 Å². The molecule has 0 saturated heterocycles. The average Bonchev–Trinajstić information content (AvgIpc) is 2.20. The van der Waals surface area contributed by atoms with Gasteiger partial charge in [-0.2, -0.15) is 0 Å². The van der Waals surface area contributed by atoms with Gasteiger partial charge in [0.2, 0.25) is 0 Å². The van der Waals surface area contributed by atoms with Gasteiger partial charge in [-0.1, -0.05) is 23.2 Å². The van der Waals surface area contributed by atoms with E-state index in [2.05, 4.69) is 26.2 Å². The third-order valence-electron chi connectivity index (χ3n) is 1.63. The largest absolute Gasteiger partial charge is 0.370 e. The summed E-state index contributed by atoms with van der Waals surface area (Å²) >= 11 is 15.2. The number of nitrogens with zero attached hydrogens (tertiary/aromatic N) is 1. The summed E-state index contributed by atoms with van der Waals surface area (Å²) in [7, 11) is 0. The molecule has 0 atom stereocenters. The highest BCUT2D eigenvalue weighted by Gasteiger charge is 2.08. The van der Waals surface area contributed by atoms with Crippen LogP contribution in [0.2, 0.25) is 10.0 Å². The lowest BCUT2D eigenvalue weighted by atomic mass is 10.3. The number of rotatable bonds is 2.